The quantitative estimate of drug-likeness (QED) is 0.801. The van der Waals surface area contributed by atoms with Gasteiger partial charge in [-0.15, -0.1) is 11.6 Å². The molecule has 0 aliphatic heterocycles. The smallest absolute Gasteiger partial charge is 0.251 e. The maximum absolute atomic E-state index is 12.1. The summed E-state index contributed by atoms with van der Waals surface area (Å²) in [6.45, 7) is 6.00. The lowest BCUT2D eigenvalue weighted by Crippen LogP contribution is -2.35. The van der Waals surface area contributed by atoms with Crippen LogP contribution in [0.25, 0.3) is 0 Å². The fourth-order valence-electron chi connectivity index (χ4n) is 1.75. The Morgan fingerprint density at radius 2 is 2.12 bits per heavy atom. The zero-order valence-corrected chi connectivity index (χ0v) is 11.5. The first kappa shape index (κ1) is 14.0. The van der Waals surface area contributed by atoms with Gasteiger partial charge in [0, 0.05) is 17.5 Å². The molecule has 0 aromatic heterocycles. The van der Waals surface area contributed by atoms with Crippen LogP contribution in [0.15, 0.2) is 18.2 Å². The van der Waals surface area contributed by atoms with Gasteiger partial charge in [-0.3, -0.25) is 4.79 Å². The van der Waals surface area contributed by atoms with Crippen molar-refractivity contribution < 1.29 is 4.79 Å². The number of aryl methyl sites for hydroxylation is 2. The van der Waals surface area contributed by atoms with E-state index < -0.39 is 0 Å². The highest BCUT2D eigenvalue weighted by molar-refractivity contribution is 6.17. The Balaban J connectivity index is 2.78. The van der Waals surface area contributed by atoms with E-state index in [2.05, 4.69) is 12.2 Å². The first-order valence-corrected chi connectivity index (χ1v) is 6.56. The predicted octanol–water partition coefficient (Wildman–Crippen LogP) is 3.44. The van der Waals surface area contributed by atoms with Gasteiger partial charge in [-0.05, 0) is 38.3 Å². The van der Waals surface area contributed by atoms with Crippen molar-refractivity contribution >= 4 is 17.5 Å². The molecule has 94 valence electrons. The van der Waals surface area contributed by atoms with Crippen LogP contribution in [0.4, 0.5) is 0 Å². The Morgan fingerprint density at radius 3 is 2.71 bits per heavy atom. The minimum absolute atomic E-state index is 0.00293. The lowest BCUT2D eigenvalue weighted by atomic mass is 10.0. The molecule has 0 heterocycles. The summed E-state index contributed by atoms with van der Waals surface area (Å²) in [4.78, 5) is 12.1. The Hall–Kier alpha value is -1.02. The Labute approximate surface area is 108 Å². The van der Waals surface area contributed by atoms with Gasteiger partial charge < -0.3 is 5.32 Å². The topological polar surface area (TPSA) is 29.1 Å². The van der Waals surface area contributed by atoms with Crippen molar-refractivity contribution in [2.24, 2.45) is 0 Å². The molecule has 0 saturated heterocycles. The van der Waals surface area contributed by atoms with Crippen LogP contribution in [0, 0.1) is 13.8 Å². The Bertz CT molecular complexity index is 390. The first-order valence-electron chi connectivity index (χ1n) is 6.02. The van der Waals surface area contributed by atoms with Crippen molar-refractivity contribution in [1.82, 2.24) is 5.32 Å². The van der Waals surface area contributed by atoms with Gasteiger partial charge in [0.05, 0.1) is 0 Å². The van der Waals surface area contributed by atoms with Crippen molar-refractivity contribution in [2.75, 3.05) is 5.88 Å². The summed E-state index contributed by atoms with van der Waals surface area (Å²) in [6.07, 6.45) is 1.72. The van der Waals surface area contributed by atoms with E-state index >= 15 is 0 Å². The van der Waals surface area contributed by atoms with E-state index in [0.717, 1.165) is 29.5 Å². The number of rotatable bonds is 5. The lowest BCUT2D eigenvalue weighted by Gasteiger charge is -2.16. The largest absolute Gasteiger partial charge is 0.349 e. The molecule has 17 heavy (non-hydrogen) atoms. The van der Waals surface area contributed by atoms with Gasteiger partial charge in [0.1, 0.15) is 0 Å². The summed E-state index contributed by atoms with van der Waals surface area (Å²) in [7, 11) is 0. The number of halogens is 1. The number of hydrogen-bond acceptors (Lipinski definition) is 1. The van der Waals surface area contributed by atoms with E-state index in [1.807, 2.05) is 32.0 Å². The van der Waals surface area contributed by atoms with Gasteiger partial charge in [0.25, 0.3) is 5.91 Å². The molecule has 2 nitrogen and oxygen atoms in total. The Morgan fingerprint density at radius 1 is 1.41 bits per heavy atom. The molecule has 0 aliphatic rings. The minimum Gasteiger partial charge on any atom is -0.349 e. The minimum atomic E-state index is 0.00293. The number of carbonyl (C=O) groups is 1. The van der Waals surface area contributed by atoms with Crippen LogP contribution in [-0.4, -0.2) is 17.8 Å². The zero-order chi connectivity index (χ0) is 12.8. The van der Waals surface area contributed by atoms with Crippen LogP contribution in [-0.2, 0) is 0 Å². The number of benzene rings is 1. The molecule has 0 bridgehead atoms. The second-order valence-electron chi connectivity index (χ2n) is 4.37. The highest BCUT2D eigenvalue weighted by Gasteiger charge is 2.13. The van der Waals surface area contributed by atoms with E-state index in [1.54, 1.807) is 0 Å². The first-order chi connectivity index (χ1) is 8.08. The molecule has 0 spiro atoms. The van der Waals surface area contributed by atoms with Crippen LogP contribution in [0.3, 0.4) is 0 Å². The summed E-state index contributed by atoms with van der Waals surface area (Å²) in [5.74, 6) is 0.578. The van der Waals surface area contributed by atoms with Gasteiger partial charge in [-0.2, -0.15) is 0 Å². The third-order valence-electron chi connectivity index (χ3n) is 2.92. The highest BCUT2D eigenvalue weighted by atomic mass is 35.5. The number of amides is 1. The molecule has 0 fully saturated rings. The summed E-state index contributed by atoms with van der Waals surface area (Å²) in [5, 5.41) is 3.03. The number of carbonyl (C=O) groups excluding carboxylic acids is 1. The molecule has 1 rings (SSSR count). The van der Waals surface area contributed by atoms with Gasteiger partial charge in [0.2, 0.25) is 0 Å². The molecule has 1 amide bonds. The second-order valence-corrected chi connectivity index (χ2v) is 4.75. The van der Waals surface area contributed by atoms with Crippen molar-refractivity contribution in [3.05, 3.63) is 34.9 Å². The average Bonchev–Trinajstić information content (AvgIpc) is 2.31. The fraction of sp³-hybridized carbons (Fsp3) is 0.500. The summed E-state index contributed by atoms with van der Waals surface area (Å²) in [6, 6.07) is 6.09. The molecule has 1 aromatic carbocycles. The third kappa shape index (κ3) is 4.04. The standard InChI is InChI=1S/C14H20ClNO/c1-4-12(7-8-15)16-14(17)13-9-10(2)5-6-11(13)3/h5-6,9,12H,4,7-8H2,1-3H3,(H,16,17). The molecule has 1 aromatic rings. The number of alkyl halides is 1. The van der Waals surface area contributed by atoms with Crippen LogP contribution >= 0.6 is 11.6 Å². The monoisotopic (exact) mass is 253 g/mol. The molecule has 1 N–H and O–H groups in total. The van der Waals surface area contributed by atoms with E-state index in [1.165, 1.54) is 0 Å². The van der Waals surface area contributed by atoms with Crippen molar-refractivity contribution in [3.63, 3.8) is 0 Å². The highest BCUT2D eigenvalue weighted by Crippen LogP contribution is 2.11. The van der Waals surface area contributed by atoms with Crippen LogP contribution in [0.2, 0.25) is 0 Å². The van der Waals surface area contributed by atoms with Crippen LogP contribution < -0.4 is 5.32 Å². The number of hydrogen-bond donors (Lipinski definition) is 1. The van der Waals surface area contributed by atoms with Crippen LogP contribution in [0.5, 0.6) is 0 Å². The molecule has 3 heteroatoms. The van der Waals surface area contributed by atoms with Gasteiger partial charge in [-0.1, -0.05) is 24.6 Å². The van der Waals surface area contributed by atoms with Crippen molar-refractivity contribution in [3.8, 4) is 0 Å². The molecule has 1 unspecified atom stereocenters. The molecule has 0 saturated carbocycles. The summed E-state index contributed by atoms with van der Waals surface area (Å²) >= 11 is 5.71. The van der Waals surface area contributed by atoms with E-state index in [9.17, 15) is 4.79 Å². The van der Waals surface area contributed by atoms with Crippen LogP contribution in [0.1, 0.15) is 41.3 Å². The Kier molecular flexibility index (Phi) is 5.49. The molecule has 0 aliphatic carbocycles. The normalized spacial score (nSPS) is 12.2. The number of nitrogens with one attached hydrogen (secondary N) is 1. The van der Waals surface area contributed by atoms with Gasteiger partial charge >= 0.3 is 0 Å². The van der Waals surface area contributed by atoms with E-state index in [0.29, 0.717) is 5.88 Å². The summed E-state index contributed by atoms with van der Waals surface area (Å²) in [5.41, 5.74) is 2.87. The SMILES string of the molecule is CCC(CCCl)NC(=O)c1cc(C)ccc1C. The molecular formula is C14H20ClNO. The average molecular weight is 254 g/mol. The maximum Gasteiger partial charge on any atom is 0.251 e. The zero-order valence-electron chi connectivity index (χ0n) is 10.7. The second kappa shape index (κ2) is 6.65. The fourth-order valence-corrected chi connectivity index (χ4v) is 2.02. The van der Waals surface area contributed by atoms with Gasteiger partial charge in [-0.25, -0.2) is 0 Å². The predicted molar refractivity (Wildman–Crippen MR) is 72.8 cm³/mol. The maximum atomic E-state index is 12.1. The van der Waals surface area contributed by atoms with E-state index in [-0.39, 0.29) is 11.9 Å². The van der Waals surface area contributed by atoms with Crippen molar-refractivity contribution in [1.29, 1.82) is 0 Å². The van der Waals surface area contributed by atoms with E-state index in [4.69, 9.17) is 11.6 Å². The molecular weight excluding hydrogens is 234 g/mol. The summed E-state index contributed by atoms with van der Waals surface area (Å²) < 4.78 is 0. The third-order valence-corrected chi connectivity index (χ3v) is 3.14. The van der Waals surface area contributed by atoms with Crippen molar-refractivity contribution in [2.45, 2.75) is 39.7 Å². The lowest BCUT2D eigenvalue weighted by molar-refractivity contribution is 0.0934. The molecule has 0 radical (unpaired) electrons. The molecule has 1 atom stereocenters. The van der Waals surface area contributed by atoms with Gasteiger partial charge in [0.15, 0.2) is 0 Å².